The summed E-state index contributed by atoms with van der Waals surface area (Å²) in [5, 5.41) is 2.37. The number of anilines is 1. The molecule has 36 heavy (non-hydrogen) atoms. The van der Waals surface area contributed by atoms with Crippen molar-refractivity contribution in [2.45, 2.75) is 65.6 Å². The monoisotopic (exact) mass is 501 g/mol. The second-order valence-corrected chi connectivity index (χ2v) is 16.1. The lowest BCUT2D eigenvalue weighted by Crippen LogP contribution is -2.41. The molecule has 5 nitrogen and oxygen atoms in total. The summed E-state index contributed by atoms with van der Waals surface area (Å²) in [7, 11) is -1.74. The summed E-state index contributed by atoms with van der Waals surface area (Å²) in [6.45, 7) is 16.7. The van der Waals surface area contributed by atoms with Crippen molar-refractivity contribution in [2.24, 2.45) is 0 Å². The smallest absolute Gasteiger partial charge is 0.192 e. The van der Waals surface area contributed by atoms with Crippen molar-refractivity contribution in [3.05, 3.63) is 70.9 Å². The Bertz CT molecular complexity index is 1390. The maximum atomic E-state index is 6.22. The predicted octanol–water partition coefficient (Wildman–Crippen LogP) is 7.17. The molecule has 0 aliphatic carbocycles. The van der Waals surface area contributed by atoms with E-state index in [0.717, 1.165) is 40.4 Å². The van der Waals surface area contributed by atoms with Crippen LogP contribution in [0.15, 0.2) is 48.7 Å². The molecule has 0 saturated heterocycles. The molecule has 0 amide bonds. The highest BCUT2D eigenvalue weighted by molar-refractivity contribution is 6.74. The molecule has 4 rings (SSSR count). The molecule has 190 valence electrons. The third kappa shape index (κ3) is 5.71. The standard InChI is InChI=1S/C30H39N3O2Si/c1-20-8-13-25-26-18-22(19-32-28(26)29(31)33-27(25)16-20)9-10-23-11-12-24(17-21(23)2)34-14-15-35-36(6,7)30(3,4)5/h8,11-13,16-19H,9-10,14-15H2,1-7H3,(H2,31,33). The van der Waals surface area contributed by atoms with Gasteiger partial charge in [-0.25, -0.2) is 4.98 Å². The van der Waals surface area contributed by atoms with Gasteiger partial charge in [-0.15, -0.1) is 0 Å². The lowest BCUT2D eigenvalue weighted by molar-refractivity contribution is 0.203. The SMILES string of the molecule is Cc1ccc2c(c1)nc(N)c1ncc(CCc3ccc(OCCO[Si](C)(C)C(C)(C)C)cc3C)cc12. The Balaban J connectivity index is 1.41. The first kappa shape index (κ1) is 26.1. The molecule has 0 spiro atoms. The third-order valence-corrected chi connectivity index (χ3v) is 12.0. The number of ether oxygens (including phenoxy) is 1. The Morgan fingerprint density at radius 1 is 0.917 bits per heavy atom. The van der Waals surface area contributed by atoms with E-state index in [0.29, 0.717) is 19.0 Å². The number of hydrogen-bond acceptors (Lipinski definition) is 5. The quantitative estimate of drug-likeness (QED) is 0.157. The number of nitrogens with zero attached hydrogens (tertiary/aromatic N) is 2. The van der Waals surface area contributed by atoms with Gasteiger partial charge < -0.3 is 14.9 Å². The number of fused-ring (bicyclic) bond motifs is 3. The fraction of sp³-hybridized carbons (Fsp3) is 0.400. The molecular weight excluding hydrogens is 462 g/mol. The van der Waals surface area contributed by atoms with Crippen LogP contribution in [0, 0.1) is 13.8 Å². The van der Waals surface area contributed by atoms with E-state index in [4.69, 9.17) is 14.9 Å². The topological polar surface area (TPSA) is 70.3 Å². The number of hydrogen-bond donors (Lipinski definition) is 1. The van der Waals surface area contributed by atoms with Gasteiger partial charge in [0.1, 0.15) is 17.9 Å². The van der Waals surface area contributed by atoms with Crippen LogP contribution in [0.25, 0.3) is 21.8 Å². The molecule has 2 aromatic carbocycles. The summed E-state index contributed by atoms with van der Waals surface area (Å²) in [6.07, 6.45) is 3.76. The number of aromatic nitrogens is 2. The highest BCUT2D eigenvalue weighted by Crippen LogP contribution is 2.36. The highest BCUT2D eigenvalue weighted by Gasteiger charge is 2.36. The van der Waals surface area contributed by atoms with E-state index in [9.17, 15) is 0 Å². The maximum Gasteiger partial charge on any atom is 0.192 e. The summed E-state index contributed by atoms with van der Waals surface area (Å²) in [6, 6.07) is 14.9. The minimum Gasteiger partial charge on any atom is -0.491 e. The van der Waals surface area contributed by atoms with Crippen molar-refractivity contribution in [3.63, 3.8) is 0 Å². The minimum atomic E-state index is -1.74. The van der Waals surface area contributed by atoms with Crippen LogP contribution >= 0.6 is 0 Å². The number of benzene rings is 2. The average molecular weight is 502 g/mol. The van der Waals surface area contributed by atoms with E-state index in [1.54, 1.807) is 0 Å². The lowest BCUT2D eigenvalue weighted by atomic mass is 9.99. The van der Waals surface area contributed by atoms with E-state index in [1.807, 2.05) is 6.20 Å². The molecule has 0 fully saturated rings. The van der Waals surface area contributed by atoms with E-state index in [-0.39, 0.29) is 5.04 Å². The zero-order valence-corrected chi connectivity index (χ0v) is 23.7. The summed E-state index contributed by atoms with van der Waals surface area (Å²) < 4.78 is 12.2. The molecule has 2 aromatic heterocycles. The Hall–Kier alpha value is -2.96. The van der Waals surface area contributed by atoms with Crippen LogP contribution in [0.1, 0.15) is 43.0 Å². The number of aryl methyl sites for hydroxylation is 4. The molecule has 0 atom stereocenters. The van der Waals surface area contributed by atoms with Gasteiger partial charge in [0.2, 0.25) is 0 Å². The lowest BCUT2D eigenvalue weighted by Gasteiger charge is -2.36. The van der Waals surface area contributed by atoms with Crippen LogP contribution in [-0.4, -0.2) is 31.5 Å². The van der Waals surface area contributed by atoms with Gasteiger partial charge in [0, 0.05) is 17.0 Å². The molecular formula is C30H39N3O2Si. The van der Waals surface area contributed by atoms with Gasteiger partial charge in [-0.05, 0) is 91.3 Å². The predicted molar refractivity (Wildman–Crippen MR) is 153 cm³/mol. The molecule has 2 heterocycles. The van der Waals surface area contributed by atoms with E-state index >= 15 is 0 Å². The molecule has 4 aromatic rings. The second kappa shape index (κ2) is 10.2. The second-order valence-electron chi connectivity index (χ2n) is 11.3. The largest absolute Gasteiger partial charge is 0.491 e. The van der Waals surface area contributed by atoms with Crippen molar-refractivity contribution in [2.75, 3.05) is 18.9 Å². The zero-order valence-electron chi connectivity index (χ0n) is 22.7. The Morgan fingerprint density at radius 3 is 2.42 bits per heavy atom. The minimum absolute atomic E-state index is 0.210. The number of rotatable bonds is 8. The van der Waals surface area contributed by atoms with Crippen molar-refractivity contribution >= 4 is 35.9 Å². The average Bonchev–Trinajstić information content (AvgIpc) is 2.80. The first-order chi connectivity index (χ1) is 16.9. The van der Waals surface area contributed by atoms with Gasteiger partial charge in [-0.1, -0.05) is 39.0 Å². The van der Waals surface area contributed by atoms with Gasteiger partial charge in [0.15, 0.2) is 14.1 Å². The van der Waals surface area contributed by atoms with Gasteiger partial charge >= 0.3 is 0 Å². The third-order valence-electron chi connectivity index (χ3n) is 7.49. The van der Waals surface area contributed by atoms with Crippen molar-refractivity contribution in [1.82, 2.24) is 9.97 Å². The summed E-state index contributed by atoms with van der Waals surface area (Å²) in [4.78, 5) is 9.21. The van der Waals surface area contributed by atoms with E-state index in [2.05, 4.69) is 100 Å². The van der Waals surface area contributed by atoms with Crippen LogP contribution in [0.5, 0.6) is 5.75 Å². The molecule has 0 radical (unpaired) electrons. The van der Waals surface area contributed by atoms with Crippen LogP contribution in [0.4, 0.5) is 5.82 Å². The number of pyridine rings is 2. The fourth-order valence-electron chi connectivity index (χ4n) is 4.19. The van der Waals surface area contributed by atoms with Crippen LogP contribution in [-0.2, 0) is 17.3 Å². The molecule has 0 bridgehead atoms. The van der Waals surface area contributed by atoms with Crippen molar-refractivity contribution in [1.29, 1.82) is 0 Å². The normalized spacial score (nSPS) is 12.4. The summed E-state index contributed by atoms with van der Waals surface area (Å²) >= 11 is 0. The Morgan fingerprint density at radius 2 is 1.69 bits per heavy atom. The van der Waals surface area contributed by atoms with Gasteiger partial charge in [0.25, 0.3) is 0 Å². The van der Waals surface area contributed by atoms with E-state index in [1.165, 1.54) is 22.3 Å². The van der Waals surface area contributed by atoms with Crippen LogP contribution in [0.3, 0.4) is 0 Å². The van der Waals surface area contributed by atoms with Crippen molar-refractivity contribution < 1.29 is 9.16 Å². The molecule has 2 N–H and O–H groups in total. The Kier molecular flexibility index (Phi) is 7.39. The van der Waals surface area contributed by atoms with Gasteiger partial charge in [-0.2, -0.15) is 0 Å². The number of nitrogens with two attached hydrogens (primary N) is 1. The number of nitrogen functional groups attached to an aromatic ring is 1. The molecule has 0 saturated carbocycles. The maximum absolute atomic E-state index is 6.22. The fourth-order valence-corrected chi connectivity index (χ4v) is 5.22. The van der Waals surface area contributed by atoms with Crippen LogP contribution in [0.2, 0.25) is 18.1 Å². The van der Waals surface area contributed by atoms with E-state index < -0.39 is 8.32 Å². The molecule has 6 heteroatoms. The van der Waals surface area contributed by atoms with Gasteiger partial charge in [-0.3, -0.25) is 4.98 Å². The summed E-state index contributed by atoms with van der Waals surface area (Å²) in [5.74, 6) is 1.38. The van der Waals surface area contributed by atoms with Crippen molar-refractivity contribution in [3.8, 4) is 5.75 Å². The first-order valence-corrected chi connectivity index (χ1v) is 15.7. The van der Waals surface area contributed by atoms with Crippen LogP contribution < -0.4 is 10.5 Å². The summed E-state index contributed by atoms with van der Waals surface area (Å²) in [5.41, 5.74) is 12.8. The van der Waals surface area contributed by atoms with Gasteiger partial charge in [0.05, 0.1) is 12.1 Å². The molecule has 0 aliphatic rings. The molecule has 0 aliphatic heterocycles. The Labute approximate surface area is 216 Å². The zero-order chi connectivity index (χ0) is 26.1. The highest BCUT2D eigenvalue weighted by atomic mass is 28.4. The molecule has 0 unspecified atom stereocenters. The first-order valence-electron chi connectivity index (χ1n) is 12.8.